The number of nitrogens with one attached hydrogen (secondary N) is 1. The lowest BCUT2D eigenvalue weighted by molar-refractivity contribution is 0.0486. The predicted octanol–water partition coefficient (Wildman–Crippen LogP) is 1.91. The van der Waals surface area contributed by atoms with Crippen LogP contribution in [0, 0.1) is 0 Å². The summed E-state index contributed by atoms with van der Waals surface area (Å²) in [7, 11) is -3.68. The van der Waals surface area contributed by atoms with Crippen LogP contribution in [0.3, 0.4) is 0 Å². The molecule has 182 valence electrons. The average Bonchev–Trinajstić information content (AvgIpc) is 3.36. The fraction of sp³-hybridized carbons (Fsp3) is 0.458. The fourth-order valence-corrected chi connectivity index (χ4v) is 6.10. The van der Waals surface area contributed by atoms with Crippen LogP contribution in [0.1, 0.15) is 28.8 Å². The number of benzene rings is 2. The minimum atomic E-state index is -3.68. The van der Waals surface area contributed by atoms with Crippen molar-refractivity contribution >= 4 is 15.9 Å². The number of fused-ring (bicyclic) bond motifs is 1. The van der Waals surface area contributed by atoms with E-state index in [4.69, 9.17) is 18.9 Å². The molecular formula is C24H28N2O7S. The van der Waals surface area contributed by atoms with Crippen molar-refractivity contribution < 1.29 is 32.2 Å². The van der Waals surface area contributed by atoms with E-state index in [1.807, 2.05) is 18.2 Å². The van der Waals surface area contributed by atoms with E-state index in [0.717, 1.165) is 18.4 Å². The summed E-state index contributed by atoms with van der Waals surface area (Å²) in [5.41, 5.74) is 1.05. The number of morpholine rings is 1. The molecule has 5 rings (SSSR count). The highest BCUT2D eigenvalue weighted by Crippen LogP contribution is 2.40. The van der Waals surface area contributed by atoms with Crippen molar-refractivity contribution in [1.82, 2.24) is 9.62 Å². The molecule has 0 aliphatic carbocycles. The van der Waals surface area contributed by atoms with Crippen molar-refractivity contribution in [1.29, 1.82) is 0 Å². The largest absolute Gasteiger partial charge is 0.454 e. The van der Waals surface area contributed by atoms with Crippen molar-refractivity contribution in [2.45, 2.75) is 23.2 Å². The highest BCUT2D eigenvalue weighted by atomic mass is 32.2. The lowest BCUT2D eigenvalue weighted by Crippen LogP contribution is -2.44. The number of rotatable bonds is 6. The van der Waals surface area contributed by atoms with Crippen molar-refractivity contribution in [2.24, 2.45) is 0 Å². The lowest BCUT2D eigenvalue weighted by Gasteiger charge is -2.38. The first-order chi connectivity index (χ1) is 16.5. The summed E-state index contributed by atoms with van der Waals surface area (Å²) < 4.78 is 49.2. The monoisotopic (exact) mass is 488 g/mol. The molecule has 2 aromatic carbocycles. The lowest BCUT2D eigenvalue weighted by atomic mass is 9.74. The van der Waals surface area contributed by atoms with Gasteiger partial charge >= 0.3 is 0 Å². The first-order valence-corrected chi connectivity index (χ1v) is 12.9. The van der Waals surface area contributed by atoms with Gasteiger partial charge in [0.05, 0.1) is 18.1 Å². The topological polar surface area (TPSA) is 103 Å². The van der Waals surface area contributed by atoms with Gasteiger partial charge in [-0.15, -0.1) is 0 Å². The second-order valence-electron chi connectivity index (χ2n) is 8.69. The van der Waals surface area contributed by atoms with Crippen LogP contribution in [0.2, 0.25) is 0 Å². The summed E-state index contributed by atoms with van der Waals surface area (Å²) in [6.45, 7) is 3.13. The van der Waals surface area contributed by atoms with Crippen LogP contribution in [0.4, 0.5) is 0 Å². The van der Waals surface area contributed by atoms with E-state index in [2.05, 4.69) is 5.32 Å². The maximum absolute atomic E-state index is 13.1. The van der Waals surface area contributed by atoms with Gasteiger partial charge in [-0.05, 0) is 48.7 Å². The number of hydrogen-bond donors (Lipinski definition) is 1. The first-order valence-electron chi connectivity index (χ1n) is 11.4. The van der Waals surface area contributed by atoms with Crippen molar-refractivity contribution in [2.75, 3.05) is 52.9 Å². The summed E-state index contributed by atoms with van der Waals surface area (Å²) in [4.78, 5) is 13.2. The third-order valence-electron chi connectivity index (χ3n) is 6.73. The highest BCUT2D eigenvalue weighted by Gasteiger charge is 2.36. The first kappa shape index (κ1) is 23.1. The summed E-state index contributed by atoms with van der Waals surface area (Å²) >= 11 is 0. The van der Waals surface area contributed by atoms with E-state index in [1.54, 1.807) is 12.1 Å². The maximum Gasteiger partial charge on any atom is 0.251 e. The molecule has 2 fully saturated rings. The van der Waals surface area contributed by atoms with Gasteiger partial charge in [0, 0.05) is 43.8 Å². The molecule has 34 heavy (non-hydrogen) atoms. The van der Waals surface area contributed by atoms with Gasteiger partial charge in [0.25, 0.3) is 5.91 Å². The summed E-state index contributed by atoms with van der Waals surface area (Å²) in [5, 5.41) is 3.04. The predicted molar refractivity (Wildman–Crippen MR) is 123 cm³/mol. The van der Waals surface area contributed by atoms with Crippen molar-refractivity contribution in [3.63, 3.8) is 0 Å². The van der Waals surface area contributed by atoms with E-state index in [9.17, 15) is 13.2 Å². The Kier molecular flexibility index (Phi) is 6.48. The number of sulfonamides is 1. The van der Waals surface area contributed by atoms with Crippen LogP contribution in [-0.2, 0) is 24.9 Å². The van der Waals surface area contributed by atoms with Gasteiger partial charge in [-0.1, -0.05) is 12.1 Å². The zero-order chi connectivity index (χ0) is 23.6. The quantitative estimate of drug-likeness (QED) is 0.663. The Morgan fingerprint density at radius 1 is 0.941 bits per heavy atom. The Bertz CT molecular complexity index is 1160. The molecule has 0 aromatic heterocycles. The smallest absolute Gasteiger partial charge is 0.251 e. The minimum absolute atomic E-state index is 0.110. The van der Waals surface area contributed by atoms with Gasteiger partial charge in [-0.25, -0.2) is 8.42 Å². The third-order valence-corrected chi connectivity index (χ3v) is 8.62. The molecule has 3 heterocycles. The number of ether oxygens (including phenoxy) is 4. The molecule has 3 aliphatic heterocycles. The van der Waals surface area contributed by atoms with E-state index >= 15 is 0 Å². The molecular weight excluding hydrogens is 460 g/mol. The molecule has 0 radical (unpaired) electrons. The molecule has 0 spiro atoms. The molecule has 9 nitrogen and oxygen atoms in total. The maximum atomic E-state index is 13.1. The minimum Gasteiger partial charge on any atom is -0.454 e. The summed E-state index contributed by atoms with van der Waals surface area (Å²) in [6.07, 6.45) is 1.50. The van der Waals surface area contributed by atoms with Crippen molar-refractivity contribution in [3.8, 4) is 11.5 Å². The second-order valence-corrected chi connectivity index (χ2v) is 10.6. The number of amides is 1. The molecule has 0 unspecified atom stereocenters. The van der Waals surface area contributed by atoms with Crippen molar-refractivity contribution in [3.05, 3.63) is 53.6 Å². The van der Waals surface area contributed by atoms with Crippen LogP contribution in [0.5, 0.6) is 11.5 Å². The summed E-state index contributed by atoms with van der Waals surface area (Å²) in [5.74, 6) is 1.11. The van der Waals surface area contributed by atoms with Crippen LogP contribution in [0.15, 0.2) is 47.4 Å². The molecule has 0 bridgehead atoms. The van der Waals surface area contributed by atoms with Gasteiger partial charge in [0.15, 0.2) is 11.5 Å². The third kappa shape index (κ3) is 4.50. The van der Waals surface area contributed by atoms with Gasteiger partial charge in [0.2, 0.25) is 16.8 Å². The second kappa shape index (κ2) is 9.53. The Morgan fingerprint density at radius 2 is 1.68 bits per heavy atom. The molecule has 0 atom stereocenters. The molecule has 10 heteroatoms. The fourth-order valence-electron chi connectivity index (χ4n) is 4.64. The Labute approximate surface area is 199 Å². The van der Waals surface area contributed by atoms with Crippen LogP contribution < -0.4 is 14.8 Å². The highest BCUT2D eigenvalue weighted by molar-refractivity contribution is 7.89. The molecule has 1 amide bonds. The number of hydrogen-bond acceptors (Lipinski definition) is 7. The number of nitrogens with zero attached hydrogens (tertiary/aromatic N) is 1. The zero-order valence-electron chi connectivity index (χ0n) is 18.8. The van der Waals surface area contributed by atoms with Crippen LogP contribution in [-0.4, -0.2) is 71.5 Å². The summed E-state index contributed by atoms with van der Waals surface area (Å²) in [6, 6.07) is 12.1. The number of carbonyl (C=O) groups is 1. The normalized spacial score (nSPS) is 20.1. The molecule has 2 saturated heterocycles. The Balaban J connectivity index is 1.34. The number of carbonyl (C=O) groups excluding carboxylic acids is 1. The SMILES string of the molecule is O=C(NCC1(c2ccc3c(c2)OCO3)CCOCC1)c1cccc(S(=O)(=O)N2CCOCC2)c1. The van der Waals surface area contributed by atoms with E-state index in [0.29, 0.717) is 63.1 Å². The average molecular weight is 489 g/mol. The zero-order valence-corrected chi connectivity index (χ0v) is 19.6. The molecule has 3 aliphatic rings. The van der Waals surface area contributed by atoms with Gasteiger partial charge < -0.3 is 24.3 Å². The standard InChI is InChI=1S/C24H28N2O7S/c27-23(18-2-1-3-20(14-18)34(28,29)26-8-12-31-13-9-26)25-16-24(6-10-30-11-7-24)19-4-5-21-22(15-19)33-17-32-21/h1-5,14-15H,6-13,16-17H2,(H,25,27). The van der Waals surface area contributed by atoms with Crippen LogP contribution in [0.25, 0.3) is 0 Å². The van der Waals surface area contributed by atoms with E-state index < -0.39 is 10.0 Å². The molecule has 1 N–H and O–H groups in total. The Hall–Kier alpha value is -2.66. The van der Waals surface area contributed by atoms with Crippen LogP contribution >= 0.6 is 0 Å². The van der Waals surface area contributed by atoms with E-state index in [-0.39, 0.29) is 23.0 Å². The van der Waals surface area contributed by atoms with Gasteiger partial charge in [0.1, 0.15) is 0 Å². The van der Waals surface area contributed by atoms with E-state index in [1.165, 1.54) is 16.4 Å². The van der Waals surface area contributed by atoms with Gasteiger partial charge in [-0.2, -0.15) is 4.31 Å². The molecule has 0 saturated carbocycles. The van der Waals surface area contributed by atoms with Gasteiger partial charge in [-0.3, -0.25) is 4.79 Å². The molecule has 2 aromatic rings. The Morgan fingerprint density at radius 3 is 2.47 bits per heavy atom.